The number of thiophene rings is 1. The van der Waals surface area contributed by atoms with Gasteiger partial charge in [-0.25, -0.2) is 0 Å². The third-order valence-corrected chi connectivity index (χ3v) is 2.46. The van der Waals surface area contributed by atoms with Gasteiger partial charge in [-0.3, -0.25) is 4.79 Å². The zero-order chi connectivity index (χ0) is 10.8. The van der Waals surface area contributed by atoms with Gasteiger partial charge in [-0.15, -0.1) is 11.3 Å². The Bertz CT molecular complexity index is 305. The van der Waals surface area contributed by atoms with Gasteiger partial charge in [-0.2, -0.15) is 13.2 Å². The van der Waals surface area contributed by atoms with Crippen LogP contribution in [0.3, 0.4) is 0 Å². The Morgan fingerprint density at radius 1 is 1.57 bits per heavy atom. The first-order valence-corrected chi connectivity index (χ1v) is 4.60. The van der Waals surface area contributed by atoms with E-state index in [0.717, 1.165) is 11.3 Å². The smallest absolute Gasteiger partial charge is 0.383 e. The molecule has 1 aromatic heterocycles. The first kappa shape index (κ1) is 11.2. The van der Waals surface area contributed by atoms with Crippen LogP contribution in [0.5, 0.6) is 0 Å². The van der Waals surface area contributed by atoms with Crippen LogP contribution in [0.2, 0.25) is 0 Å². The van der Waals surface area contributed by atoms with Crippen LogP contribution in [-0.2, 0) is 0 Å². The van der Waals surface area contributed by atoms with E-state index in [2.05, 4.69) is 0 Å². The molecule has 0 aliphatic heterocycles. The van der Waals surface area contributed by atoms with E-state index in [4.69, 9.17) is 5.11 Å². The number of carbonyl (C=O) groups excluding carboxylic acids is 1. The summed E-state index contributed by atoms with van der Waals surface area (Å²) in [6.07, 6.45) is -8.21. The van der Waals surface area contributed by atoms with Gasteiger partial charge in [-0.1, -0.05) is 6.07 Å². The highest BCUT2D eigenvalue weighted by atomic mass is 32.1. The third-order valence-electron chi connectivity index (χ3n) is 1.55. The number of halogens is 3. The van der Waals surface area contributed by atoms with Crippen LogP contribution < -0.4 is 0 Å². The molecule has 0 fully saturated rings. The minimum Gasteiger partial charge on any atom is -0.383 e. The molecule has 1 heterocycles. The number of ketones is 1. The fourth-order valence-corrected chi connectivity index (χ4v) is 1.50. The van der Waals surface area contributed by atoms with Crippen molar-refractivity contribution >= 4 is 17.1 Å². The molecule has 1 atom stereocenters. The van der Waals surface area contributed by atoms with E-state index in [1.165, 1.54) is 6.07 Å². The molecule has 0 saturated carbocycles. The molecule has 0 aromatic carbocycles. The highest BCUT2D eigenvalue weighted by molar-refractivity contribution is 7.12. The molecular formula is C8H7F3O2S. The molecule has 1 aromatic rings. The maximum atomic E-state index is 11.9. The van der Waals surface area contributed by atoms with Crippen LogP contribution in [0, 0.1) is 0 Å². The Hall–Kier alpha value is -0.880. The second kappa shape index (κ2) is 4.10. The van der Waals surface area contributed by atoms with Gasteiger partial charge < -0.3 is 5.11 Å². The fraction of sp³-hybridized carbons (Fsp3) is 0.375. The quantitative estimate of drug-likeness (QED) is 0.799. The van der Waals surface area contributed by atoms with E-state index in [-0.39, 0.29) is 4.88 Å². The Morgan fingerprint density at radius 3 is 2.64 bits per heavy atom. The summed E-state index contributed by atoms with van der Waals surface area (Å²) >= 11 is 1.06. The number of alkyl halides is 3. The topological polar surface area (TPSA) is 37.3 Å². The number of aliphatic hydroxyl groups is 1. The molecule has 6 heteroatoms. The average Bonchev–Trinajstić information content (AvgIpc) is 2.53. The van der Waals surface area contributed by atoms with Crippen LogP contribution in [0.4, 0.5) is 13.2 Å². The van der Waals surface area contributed by atoms with Gasteiger partial charge in [0.15, 0.2) is 11.9 Å². The van der Waals surface area contributed by atoms with E-state index in [1.54, 1.807) is 11.4 Å². The summed E-state index contributed by atoms with van der Waals surface area (Å²) in [6.45, 7) is 0. The molecule has 78 valence electrons. The standard InChI is InChI=1S/C8H7F3O2S/c9-8(10,11)7(13)4-5(12)6-2-1-3-14-6/h1-3,7,13H,4H2/t7-/m1/s1. The zero-order valence-electron chi connectivity index (χ0n) is 6.91. The number of hydrogen-bond donors (Lipinski definition) is 1. The summed E-state index contributed by atoms with van der Waals surface area (Å²) in [4.78, 5) is 11.3. The van der Waals surface area contributed by atoms with E-state index in [1.807, 2.05) is 0 Å². The highest BCUT2D eigenvalue weighted by Crippen LogP contribution is 2.24. The molecule has 1 N–H and O–H groups in total. The lowest BCUT2D eigenvalue weighted by Gasteiger charge is -2.12. The minimum atomic E-state index is -4.73. The summed E-state index contributed by atoms with van der Waals surface area (Å²) in [5, 5.41) is 10.2. The molecular weight excluding hydrogens is 217 g/mol. The van der Waals surface area contributed by atoms with Gasteiger partial charge in [0.25, 0.3) is 0 Å². The summed E-state index contributed by atoms with van der Waals surface area (Å²) in [7, 11) is 0. The van der Waals surface area contributed by atoms with E-state index in [0.29, 0.717) is 0 Å². The predicted octanol–water partition coefficient (Wildman–Crippen LogP) is 2.24. The van der Waals surface area contributed by atoms with Crippen molar-refractivity contribution in [1.29, 1.82) is 0 Å². The van der Waals surface area contributed by atoms with Crippen molar-refractivity contribution in [1.82, 2.24) is 0 Å². The molecule has 0 radical (unpaired) electrons. The Kier molecular flexibility index (Phi) is 3.28. The highest BCUT2D eigenvalue weighted by Gasteiger charge is 2.39. The second-order valence-corrected chi connectivity index (χ2v) is 3.61. The SMILES string of the molecule is O=C(C[C@@H](O)C(F)(F)F)c1cccs1. The Morgan fingerprint density at radius 2 is 2.21 bits per heavy atom. The molecule has 0 spiro atoms. The molecule has 0 aliphatic rings. The number of rotatable bonds is 3. The first-order valence-electron chi connectivity index (χ1n) is 3.72. The maximum absolute atomic E-state index is 11.9. The van der Waals surface area contributed by atoms with Gasteiger partial charge in [0.2, 0.25) is 0 Å². The van der Waals surface area contributed by atoms with Crippen molar-refractivity contribution in [3.8, 4) is 0 Å². The third kappa shape index (κ3) is 2.81. The fourth-order valence-electron chi connectivity index (χ4n) is 0.829. The molecule has 0 amide bonds. The van der Waals surface area contributed by atoms with Crippen LogP contribution in [0.15, 0.2) is 17.5 Å². The molecule has 0 aliphatic carbocycles. The van der Waals surface area contributed by atoms with Crippen LogP contribution in [0.1, 0.15) is 16.1 Å². The number of hydrogen-bond acceptors (Lipinski definition) is 3. The van der Waals surface area contributed by atoms with E-state index >= 15 is 0 Å². The molecule has 0 saturated heterocycles. The summed E-state index contributed by atoms with van der Waals surface area (Å²) in [6, 6.07) is 2.99. The lowest BCUT2D eigenvalue weighted by Crippen LogP contribution is -2.30. The van der Waals surface area contributed by atoms with Crippen molar-refractivity contribution in [2.45, 2.75) is 18.7 Å². The van der Waals surface area contributed by atoms with Crippen LogP contribution >= 0.6 is 11.3 Å². The minimum absolute atomic E-state index is 0.230. The molecule has 2 nitrogen and oxygen atoms in total. The first-order chi connectivity index (χ1) is 6.41. The largest absolute Gasteiger partial charge is 0.414 e. The number of Topliss-reactive ketones (excluding diaryl/α,β-unsaturated/α-hetero) is 1. The molecule has 0 bridgehead atoms. The zero-order valence-corrected chi connectivity index (χ0v) is 7.73. The van der Waals surface area contributed by atoms with Gasteiger partial charge in [0.1, 0.15) is 0 Å². The van der Waals surface area contributed by atoms with Gasteiger partial charge in [0, 0.05) is 6.42 Å². The van der Waals surface area contributed by atoms with Gasteiger partial charge in [-0.05, 0) is 11.4 Å². The van der Waals surface area contributed by atoms with Crippen molar-refractivity contribution in [3.05, 3.63) is 22.4 Å². The molecule has 0 unspecified atom stereocenters. The number of carbonyl (C=O) groups is 1. The summed E-state index contributed by atoms with van der Waals surface area (Å²) in [5.74, 6) is -0.690. The van der Waals surface area contributed by atoms with Crippen molar-refractivity contribution in [3.63, 3.8) is 0 Å². The van der Waals surface area contributed by atoms with Gasteiger partial charge in [0.05, 0.1) is 4.88 Å². The summed E-state index contributed by atoms with van der Waals surface area (Å²) < 4.78 is 35.6. The van der Waals surface area contributed by atoms with Crippen molar-refractivity contribution in [2.24, 2.45) is 0 Å². The Labute approximate surface area is 82.0 Å². The van der Waals surface area contributed by atoms with Crippen LogP contribution in [-0.4, -0.2) is 23.2 Å². The lowest BCUT2D eigenvalue weighted by atomic mass is 10.1. The van der Waals surface area contributed by atoms with E-state index < -0.39 is 24.5 Å². The monoisotopic (exact) mass is 224 g/mol. The maximum Gasteiger partial charge on any atom is 0.414 e. The van der Waals surface area contributed by atoms with Crippen LogP contribution in [0.25, 0.3) is 0 Å². The number of aliphatic hydroxyl groups excluding tert-OH is 1. The Balaban J connectivity index is 2.58. The second-order valence-electron chi connectivity index (χ2n) is 2.66. The lowest BCUT2D eigenvalue weighted by molar-refractivity contribution is -0.202. The predicted molar refractivity (Wildman–Crippen MR) is 45.3 cm³/mol. The molecule has 14 heavy (non-hydrogen) atoms. The van der Waals surface area contributed by atoms with Gasteiger partial charge >= 0.3 is 6.18 Å². The normalized spacial score (nSPS) is 14.0. The summed E-state index contributed by atoms with van der Waals surface area (Å²) in [5.41, 5.74) is 0. The van der Waals surface area contributed by atoms with Crippen molar-refractivity contribution < 1.29 is 23.1 Å². The van der Waals surface area contributed by atoms with Crippen molar-refractivity contribution in [2.75, 3.05) is 0 Å². The average molecular weight is 224 g/mol. The molecule has 1 rings (SSSR count). The van der Waals surface area contributed by atoms with E-state index in [9.17, 15) is 18.0 Å².